The van der Waals surface area contributed by atoms with Crippen LogP contribution in [-0.4, -0.2) is 60.9 Å². The lowest BCUT2D eigenvalue weighted by atomic mass is 10.1. The second kappa shape index (κ2) is 6.22. The highest BCUT2D eigenvalue weighted by molar-refractivity contribution is 7.89. The molecule has 0 bridgehead atoms. The maximum atomic E-state index is 12.5. The Morgan fingerprint density at radius 2 is 1.74 bits per heavy atom. The van der Waals surface area contributed by atoms with Crippen LogP contribution in [0.5, 0.6) is 0 Å². The Morgan fingerprint density at radius 3 is 2.26 bits per heavy atom. The first-order valence-corrected chi connectivity index (χ1v) is 9.41. The van der Waals surface area contributed by atoms with Crippen LogP contribution in [0.25, 0.3) is 0 Å². The van der Waals surface area contributed by atoms with Crippen LogP contribution < -0.4 is 0 Å². The quantitative estimate of drug-likeness (QED) is 0.889. The highest BCUT2D eigenvalue weighted by Crippen LogP contribution is 2.23. The molecule has 2 fully saturated rings. The molecule has 3 rings (SSSR count). The molecule has 2 aliphatic heterocycles. The van der Waals surface area contributed by atoms with Crippen LogP contribution in [0.15, 0.2) is 29.2 Å². The standard InChI is InChI=1S/C16H22N2O4S/c1-12-10-17(11-15(12)19)16(20)13-4-6-14(7-5-13)23(21,22)18-8-2-3-9-18/h4-7,12,15,19H,2-3,8-11H2,1H3. The van der Waals surface area contributed by atoms with Gasteiger partial charge in [-0.3, -0.25) is 4.79 Å². The Hall–Kier alpha value is -1.44. The van der Waals surface area contributed by atoms with E-state index in [1.165, 1.54) is 16.4 Å². The fourth-order valence-electron chi connectivity index (χ4n) is 3.15. The van der Waals surface area contributed by atoms with Crippen LogP contribution in [0.1, 0.15) is 30.1 Å². The summed E-state index contributed by atoms with van der Waals surface area (Å²) in [4.78, 5) is 14.2. The average molecular weight is 338 g/mol. The molecule has 0 radical (unpaired) electrons. The van der Waals surface area contributed by atoms with Crippen molar-refractivity contribution in [3.63, 3.8) is 0 Å². The van der Waals surface area contributed by atoms with Crippen LogP contribution in [0.3, 0.4) is 0 Å². The number of hydrogen-bond donors (Lipinski definition) is 1. The van der Waals surface area contributed by atoms with Crippen molar-refractivity contribution in [3.8, 4) is 0 Å². The summed E-state index contributed by atoms with van der Waals surface area (Å²) < 4.78 is 26.4. The molecule has 1 N–H and O–H groups in total. The zero-order valence-electron chi connectivity index (χ0n) is 13.2. The van der Waals surface area contributed by atoms with Gasteiger partial charge in [0, 0.05) is 37.7 Å². The van der Waals surface area contributed by atoms with Gasteiger partial charge in [0.1, 0.15) is 0 Å². The SMILES string of the molecule is CC1CN(C(=O)c2ccc(S(=O)(=O)N3CCCC3)cc2)CC1O. The van der Waals surface area contributed by atoms with Gasteiger partial charge < -0.3 is 10.0 Å². The van der Waals surface area contributed by atoms with Crippen molar-refractivity contribution in [1.29, 1.82) is 0 Å². The molecule has 0 aromatic heterocycles. The molecule has 0 aliphatic carbocycles. The maximum Gasteiger partial charge on any atom is 0.253 e. The third-order valence-corrected chi connectivity index (χ3v) is 6.58. The zero-order valence-corrected chi connectivity index (χ0v) is 14.0. The van der Waals surface area contributed by atoms with E-state index < -0.39 is 16.1 Å². The fraction of sp³-hybridized carbons (Fsp3) is 0.562. The first kappa shape index (κ1) is 16.4. The number of aliphatic hydroxyl groups is 1. The van der Waals surface area contributed by atoms with E-state index in [4.69, 9.17) is 0 Å². The number of nitrogens with zero attached hydrogens (tertiary/aromatic N) is 2. The van der Waals surface area contributed by atoms with Gasteiger partial charge in [0.15, 0.2) is 0 Å². The summed E-state index contributed by atoms with van der Waals surface area (Å²) in [7, 11) is -3.45. The summed E-state index contributed by atoms with van der Waals surface area (Å²) >= 11 is 0. The van der Waals surface area contributed by atoms with Gasteiger partial charge in [-0.25, -0.2) is 8.42 Å². The molecule has 1 aromatic carbocycles. The smallest absolute Gasteiger partial charge is 0.253 e. The largest absolute Gasteiger partial charge is 0.391 e. The van der Waals surface area contributed by atoms with Crippen molar-refractivity contribution >= 4 is 15.9 Å². The van der Waals surface area contributed by atoms with Crippen LogP contribution in [0, 0.1) is 5.92 Å². The molecule has 0 saturated carbocycles. The Labute approximate surface area is 136 Å². The third-order valence-electron chi connectivity index (χ3n) is 4.66. The van der Waals surface area contributed by atoms with Crippen LogP contribution >= 0.6 is 0 Å². The Kier molecular flexibility index (Phi) is 4.44. The van der Waals surface area contributed by atoms with Gasteiger partial charge in [0.25, 0.3) is 5.91 Å². The number of benzene rings is 1. The van der Waals surface area contributed by atoms with Gasteiger partial charge in [-0.1, -0.05) is 6.92 Å². The summed E-state index contributed by atoms with van der Waals surface area (Å²) in [6, 6.07) is 6.11. The molecule has 2 aliphatic rings. The molecule has 2 heterocycles. The molecule has 2 unspecified atom stereocenters. The number of hydrogen-bond acceptors (Lipinski definition) is 4. The first-order valence-electron chi connectivity index (χ1n) is 7.97. The van der Waals surface area contributed by atoms with Crippen molar-refractivity contribution in [1.82, 2.24) is 9.21 Å². The monoisotopic (exact) mass is 338 g/mol. The number of amides is 1. The summed E-state index contributed by atoms with van der Waals surface area (Å²) in [6.45, 7) is 3.88. The molecule has 1 amide bonds. The van der Waals surface area contributed by atoms with E-state index in [0.717, 1.165) is 12.8 Å². The normalized spacial score (nSPS) is 25.9. The number of sulfonamides is 1. The van der Waals surface area contributed by atoms with E-state index in [0.29, 0.717) is 31.7 Å². The Morgan fingerprint density at radius 1 is 1.13 bits per heavy atom. The van der Waals surface area contributed by atoms with Crippen molar-refractivity contribution in [3.05, 3.63) is 29.8 Å². The van der Waals surface area contributed by atoms with E-state index in [1.807, 2.05) is 6.92 Å². The third kappa shape index (κ3) is 3.13. The molecular formula is C16H22N2O4S. The molecule has 6 nitrogen and oxygen atoms in total. The summed E-state index contributed by atoms with van der Waals surface area (Å²) in [6.07, 6.45) is 1.30. The fourth-order valence-corrected chi connectivity index (χ4v) is 4.66. The number of rotatable bonds is 3. The minimum Gasteiger partial charge on any atom is -0.391 e. The minimum absolute atomic E-state index is 0.0637. The molecule has 1 aromatic rings. The molecule has 0 spiro atoms. The van der Waals surface area contributed by atoms with Crippen molar-refractivity contribution in [2.45, 2.75) is 30.8 Å². The highest BCUT2D eigenvalue weighted by atomic mass is 32.2. The van der Waals surface area contributed by atoms with Crippen LogP contribution in [0.2, 0.25) is 0 Å². The number of carbonyl (C=O) groups excluding carboxylic acids is 1. The molecule has 7 heteroatoms. The van der Waals surface area contributed by atoms with Gasteiger partial charge in [-0.05, 0) is 37.1 Å². The highest BCUT2D eigenvalue weighted by Gasteiger charge is 2.32. The average Bonchev–Trinajstić information content (AvgIpc) is 3.18. The predicted octanol–water partition coefficient (Wildman–Crippen LogP) is 0.924. The number of β-amino-alcohol motifs (C(OH)–C–C–N with tert-alkyl or cyclic N) is 1. The van der Waals surface area contributed by atoms with Crippen LogP contribution in [0.4, 0.5) is 0 Å². The van der Waals surface area contributed by atoms with Crippen molar-refractivity contribution in [2.24, 2.45) is 5.92 Å². The van der Waals surface area contributed by atoms with E-state index >= 15 is 0 Å². The molecule has 2 atom stereocenters. The summed E-state index contributed by atoms with van der Waals surface area (Å²) in [5, 5.41) is 9.76. The first-order chi connectivity index (χ1) is 10.9. The zero-order chi connectivity index (χ0) is 16.6. The lowest BCUT2D eigenvalue weighted by Gasteiger charge is -2.17. The molecule has 23 heavy (non-hydrogen) atoms. The Bertz CT molecular complexity index is 671. The second-order valence-corrected chi connectivity index (χ2v) is 8.33. The van der Waals surface area contributed by atoms with E-state index in [9.17, 15) is 18.3 Å². The predicted molar refractivity (Wildman–Crippen MR) is 85.5 cm³/mol. The van der Waals surface area contributed by atoms with Gasteiger partial charge in [0.2, 0.25) is 10.0 Å². The summed E-state index contributed by atoms with van der Waals surface area (Å²) in [5.74, 6) is -0.104. The van der Waals surface area contributed by atoms with E-state index in [1.54, 1.807) is 17.0 Å². The molecule has 126 valence electrons. The van der Waals surface area contributed by atoms with Gasteiger partial charge >= 0.3 is 0 Å². The molecular weight excluding hydrogens is 316 g/mol. The summed E-state index contributed by atoms with van der Waals surface area (Å²) in [5.41, 5.74) is 0.451. The topological polar surface area (TPSA) is 77.9 Å². The number of aliphatic hydroxyl groups excluding tert-OH is 1. The van der Waals surface area contributed by atoms with Gasteiger partial charge in [-0.2, -0.15) is 4.31 Å². The van der Waals surface area contributed by atoms with Gasteiger partial charge in [-0.15, -0.1) is 0 Å². The van der Waals surface area contributed by atoms with E-state index in [-0.39, 0.29) is 16.7 Å². The minimum atomic E-state index is -3.45. The molecule has 2 saturated heterocycles. The number of carbonyl (C=O) groups is 1. The maximum absolute atomic E-state index is 12.5. The number of likely N-dealkylation sites (tertiary alicyclic amines) is 1. The van der Waals surface area contributed by atoms with Crippen LogP contribution in [-0.2, 0) is 10.0 Å². The Balaban J connectivity index is 1.76. The lowest BCUT2D eigenvalue weighted by Crippen LogP contribution is -2.30. The van der Waals surface area contributed by atoms with Crippen molar-refractivity contribution < 1.29 is 18.3 Å². The van der Waals surface area contributed by atoms with Crippen molar-refractivity contribution in [2.75, 3.05) is 26.2 Å². The second-order valence-electron chi connectivity index (χ2n) is 6.39. The lowest BCUT2D eigenvalue weighted by molar-refractivity contribution is 0.0764. The van der Waals surface area contributed by atoms with E-state index in [2.05, 4.69) is 0 Å². The van der Waals surface area contributed by atoms with Gasteiger partial charge in [0.05, 0.1) is 11.0 Å².